The molecule has 1 heterocycles. The van der Waals surface area contributed by atoms with Gasteiger partial charge in [-0.05, 0) is 105 Å². The maximum Gasteiger partial charge on any atom is 0.413 e. The smallest absolute Gasteiger partial charge is 0.393 e. The Kier molecular flexibility index (Phi) is 7.19. The number of aliphatic hydroxyl groups excluding tert-OH is 1. The minimum Gasteiger partial charge on any atom is -0.393 e. The lowest BCUT2D eigenvalue weighted by atomic mass is 9.56. The molecular formula is C31H37F3N2O3. The van der Waals surface area contributed by atoms with E-state index in [1.54, 1.807) is 30.5 Å². The quantitative estimate of drug-likeness (QED) is 0.375. The Hall–Kier alpha value is -2.68. The van der Waals surface area contributed by atoms with Crippen LogP contribution >= 0.6 is 0 Å². The van der Waals surface area contributed by atoms with Crippen molar-refractivity contribution in [3.8, 4) is 0 Å². The van der Waals surface area contributed by atoms with E-state index in [2.05, 4.69) is 10.3 Å². The van der Waals surface area contributed by atoms with Crippen LogP contribution in [0, 0.1) is 17.3 Å². The average Bonchev–Trinajstić information content (AvgIpc) is 3.15. The highest BCUT2D eigenvalue weighted by Gasteiger charge is 2.60. The molecule has 0 bridgehead atoms. The van der Waals surface area contributed by atoms with Crippen LogP contribution in [0.25, 0.3) is 16.3 Å². The molecule has 4 N–H and O–H groups in total. The van der Waals surface area contributed by atoms with Crippen LogP contribution in [-0.4, -0.2) is 47.2 Å². The van der Waals surface area contributed by atoms with E-state index in [0.29, 0.717) is 31.1 Å². The maximum atomic E-state index is 14.6. The number of aromatic nitrogens is 1. The van der Waals surface area contributed by atoms with Crippen LogP contribution in [0.4, 0.5) is 13.2 Å². The standard InChI is InChI=1S/C29H30F3NO3.C2H7N/c1-27-15-24(29(30,31)32)23-14-19-13-20(34)4-2-16(19)8-10-28(23,36)25(27)7-6-22(27)18-3-5-21-17(12-18)9-11-33-26(21)35;1-3-2/h3,5-6,9,11-12,14,16,20,25,34,36H,2,4,7-8,10,13,15H2,1H3,(H,33,35);3H,1-2H3/t16?,20?,25?,27?,28-;/m1./s1. The highest BCUT2D eigenvalue weighted by molar-refractivity contribution is 5.87. The normalized spacial score (nSPS) is 32.3. The van der Waals surface area contributed by atoms with Gasteiger partial charge < -0.3 is 20.5 Å². The van der Waals surface area contributed by atoms with Gasteiger partial charge >= 0.3 is 6.18 Å². The monoisotopic (exact) mass is 542 g/mol. The fourth-order valence-corrected chi connectivity index (χ4v) is 7.56. The molecular weight excluding hydrogens is 505 g/mol. The second kappa shape index (κ2) is 10.1. The fraction of sp³-hybridized carbons (Fsp3) is 0.516. The van der Waals surface area contributed by atoms with Gasteiger partial charge in [0.1, 0.15) is 0 Å². The van der Waals surface area contributed by atoms with E-state index >= 15 is 0 Å². The molecule has 210 valence electrons. The molecule has 0 amide bonds. The predicted molar refractivity (Wildman–Crippen MR) is 147 cm³/mol. The Morgan fingerprint density at radius 1 is 1.13 bits per heavy atom. The summed E-state index contributed by atoms with van der Waals surface area (Å²) in [6.07, 6.45) is 2.95. The van der Waals surface area contributed by atoms with Gasteiger partial charge in [-0.25, -0.2) is 0 Å². The second-order valence-electron chi connectivity index (χ2n) is 11.8. The number of H-pyrrole nitrogens is 1. The van der Waals surface area contributed by atoms with Crippen LogP contribution in [0.2, 0.25) is 0 Å². The maximum absolute atomic E-state index is 14.6. The third-order valence-electron chi connectivity index (χ3n) is 9.33. The predicted octanol–water partition coefficient (Wildman–Crippen LogP) is 5.65. The molecule has 4 aliphatic rings. The Balaban J connectivity index is 0.000000983. The van der Waals surface area contributed by atoms with Crippen molar-refractivity contribution in [2.24, 2.45) is 17.3 Å². The number of hydrogen-bond donors (Lipinski definition) is 4. The number of fused-ring (bicyclic) bond motifs is 5. The van der Waals surface area contributed by atoms with Gasteiger partial charge in [-0.2, -0.15) is 13.2 Å². The highest BCUT2D eigenvalue weighted by Crippen LogP contribution is 2.64. The van der Waals surface area contributed by atoms with Gasteiger partial charge in [-0.3, -0.25) is 4.79 Å². The number of benzene rings is 1. The molecule has 0 aliphatic heterocycles. The number of aromatic amines is 1. The number of rotatable bonds is 1. The van der Waals surface area contributed by atoms with Gasteiger partial charge in [-0.1, -0.05) is 30.7 Å². The molecule has 1 aromatic carbocycles. The van der Waals surface area contributed by atoms with Gasteiger partial charge in [0.15, 0.2) is 0 Å². The van der Waals surface area contributed by atoms with Crippen molar-refractivity contribution in [1.29, 1.82) is 0 Å². The first-order chi connectivity index (χ1) is 18.4. The van der Waals surface area contributed by atoms with Crippen LogP contribution in [0.5, 0.6) is 0 Å². The fourth-order valence-electron chi connectivity index (χ4n) is 7.56. The Labute approximate surface area is 226 Å². The van der Waals surface area contributed by atoms with Gasteiger partial charge in [0, 0.05) is 28.5 Å². The van der Waals surface area contributed by atoms with Crippen molar-refractivity contribution in [2.75, 3.05) is 14.1 Å². The van der Waals surface area contributed by atoms with Crippen LogP contribution in [0.3, 0.4) is 0 Å². The third kappa shape index (κ3) is 4.70. The Bertz CT molecular complexity index is 1420. The van der Waals surface area contributed by atoms with Gasteiger partial charge in [0.2, 0.25) is 0 Å². The first kappa shape index (κ1) is 27.9. The lowest BCUT2D eigenvalue weighted by Crippen LogP contribution is -2.51. The summed E-state index contributed by atoms with van der Waals surface area (Å²) >= 11 is 0. The molecule has 1 aromatic heterocycles. The SMILES string of the molecule is CC12CC(C(F)(F)F)=C3C=C4CC(O)CCC4CC[C@]3(O)C1CC=C2c1ccc2c(=O)[nH]ccc2c1.CNC. The van der Waals surface area contributed by atoms with Crippen molar-refractivity contribution >= 4 is 16.3 Å². The van der Waals surface area contributed by atoms with E-state index < -0.39 is 34.8 Å². The summed E-state index contributed by atoms with van der Waals surface area (Å²) in [5.41, 5.74) is -0.920. The van der Waals surface area contributed by atoms with Crippen molar-refractivity contribution < 1.29 is 23.4 Å². The minimum atomic E-state index is -4.58. The molecule has 0 radical (unpaired) electrons. The molecule has 1 saturated carbocycles. The minimum absolute atomic E-state index is 0.0174. The number of halogens is 3. The van der Waals surface area contributed by atoms with Gasteiger partial charge in [-0.15, -0.1) is 0 Å². The first-order valence-corrected chi connectivity index (χ1v) is 13.7. The van der Waals surface area contributed by atoms with Crippen molar-refractivity contribution in [3.05, 3.63) is 75.3 Å². The zero-order valence-corrected chi connectivity index (χ0v) is 22.7. The molecule has 5 nitrogen and oxygen atoms in total. The zero-order valence-electron chi connectivity index (χ0n) is 22.7. The summed E-state index contributed by atoms with van der Waals surface area (Å²) < 4.78 is 43.9. The summed E-state index contributed by atoms with van der Waals surface area (Å²) in [4.78, 5) is 14.8. The molecule has 4 unspecified atom stereocenters. The van der Waals surface area contributed by atoms with E-state index in [4.69, 9.17) is 0 Å². The van der Waals surface area contributed by atoms with Crippen LogP contribution in [0.15, 0.2) is 64.1 Å². The average molecular weight is 543 g/mol. The van der Waals surface area contributed by atoms with E-state index in [-0.39, 0.29) is 29.9 Å². The first-order valence-electron chi connectivity index (χ1n) is 13.7. The molecule has 2 aromatic rings. The number of nitrogens with one attached hydrogen (secondary N) is 2. The van der Waals surface area contributed by atoms with Crippen LogP contribution in [0.1, 0.15) is 57.4 Å². The summed E-state index contributed by atoms with van der Waals surface area (Å²) in [5.74, 6) is -0.290. The van der Waals surface area contributed by atoms with E-state index in [1.165, 1.54) is 0 Å². The van der Waals surface area contributed by atoms with E-state index in [9.17, 15) is 28.2 Å². The van der Waals surface area contributed by atoms with Gasteiger partial charge in [0.25, 0.3) is 5.56 Å². The van der Waals surface area contributed by atoms with Gasteiger partial charge in [0.05, 0.1) is 11.7 Å². The molecule has 0 saturated heterocycles. The van der Waals surface area contributed by atoms with Crippen LogP contribution < -0.4 is 10.9 Å². The van der Waals surface area contributed by atoms with Crippen LogP contribution in [-0.2, 0) is 0 Å². The second-order valence-corrected chi connectivity index (χ2v) is 11.8. The Morgan fingerprint density at radius 2 is 1.87 bits per heavy atom. The number of pyridine rings is 1. The van der Waals surface area contributed by atoms with Crippen molar-refractivity contribution in [2.45, 2.75) is 69.8 Å². The highest BCUT2D eigenvalue weighted by atomic mass is 19.4. The van der Waals surface area contributed by atoms with Crippen molar-refractivity contribution in [3.63, 3.8) is 0 Å². The Morgan fingerprint density at radius 3 is 2.59 bits per heavy atom. The van der Waals surface area contributed by atoms with Crippen molar-refractivity contribution in [1.82, 2.24) is 10.3 Å². The molecule has 5 atom stereocenters. The lowest BCUT2D eigenvalue weighted by molar-refractivity contribution is -0.113. The molecule has 1 fully saturated rings. The number of hydrogen-bond acceptors (Lipinski definition) is 4. The lowest BCUT2D eigenvalue weighted by Gasteiger charge is -2.50. The molecule has 0 spiro atoms. The molecule has 8 heteroatoms. The summed E-state index contributed by atoms with van der Waals surface area (Å²) in [5, 5.41) is 26.4. The third-order valence-corrected chi connectivity index (χ3v) is 9.33. The topological polar surface area (TPSA) is 85.3 Å². The summed E-state index contributed by atoms with van der Waals surface area (Å²) in [6, 6.07) is 7.18. The summed E-state index contributed by atoms with van der Waals surface area (Å²) in [6.45, 7) is 1.85. The molecule has 4 aliphatic carbocycles. The zero-order chi connectivity index (χ0) is 28.2. The van der Waals surface area contributed by atoms with E-state index in [1.807, 2.05) is 33.2 Å². The number of allylic oxidation sites excluding steroid dienone is 3. The largest absolute Gasteiger partial charge is 0.413 e. The molecule has 39 heavy (non-hydrogen) atoms. The molecule has 6 rings (SSSR count). The van der Waals surface area contributed by atoms with E-state index in [0.717, 1.165) is 28.5 Å². The number of aliphatic hydroxyl groups is 2. The number of alkyl halides is 3. The summed E-state index contributed by atoms with van der Waals surface area (Å²) in [7, 11) is 3.75.